The summed E-state index contributed by atoms with van der Waals surface area (Å²) in [6.07, 6.45) is 2.89. The molecule has 0 radical (unpaired) electrons. The van der Waals surface area contributed by atoms with E-state index in [-0.39, 0.29) is 24.1 Å². The van der Waals surface area contributed by atoms with Crippen LogP contribution in [0.25, 0.3) is 22.5 Å². The van der Waals surface area contributed by atoms with Crippen LogP contribution in [-0.2, 0) is 4.74 Å². The van der Waals surface area contributed by atoms with E-state index in [1.54, 1.807) is 17.3 Å². The van der Waals surface area contributed by atoms with Gasteiger partial charge < -0.3 is 14.6 Å². The van der Waals surface area contributed by atoms with Crippen molar-refractivity contribution in [3.8, 4) is 22.5 Å². The Kier molecular flexibility index (Phi) is 7.37. The number of cyclic esters (lactones) is 1. The molecule has 0 unspecified atom stereocenters. The SMILES string of the molecule is Cc1c(C(C)C)noc1-c1ccc(-c2ccc([C@H](C)Nc3cncc(N4C(=O)OC[C@@H]4C(C)C)n3)cc2)cc1. The molecule has 39 heavy (non-hydrogen) atoms. The minimum absolute atomic E-state index is 0.0121. The van der Waals surface area contributed by atoms with Crippen molar-refractivity contribution in [1.29, 1.82) is 0 Å². The minimum Gasteiger partial charge on any atom is -0.447 e. The summed E-state index contributed by atoms with van der Waals surface area (Å²) in [7, 11) is 0. The molecule has 2 aromatic heterocycles. The van der Waals surface area contributed by atoms with Gasteiger partial charge in [0.1, 0.15) is 12.4 Å². The van der Waals surface area contributed by atoms with Crippen LogP contribution in [0, 0.1) is 12.8 Å². The fourth-order valence-electron chi connectivity index (χ4n) is 4.97. The molecule has 1 saturated heterocycles. The van der Waals surface area contributed by atoms with Gasteiger partial charge in [-0.15, -0.1) is 0 Å². The maximum atomic E-state index is 12.3. The van der Waals surface area contributed by atoms with Gasteiger partial charge in [-0.2, -0.15) is 0 Å². The summed E-state index contributed by atoms with van der Waals surface area (Å²) in [4.78, 5) is 22.9. The van der Waals surface area contributed by atoms with Crippen LogP contribution in [0.3, 0.4) is 0 Å². The van der Waals surface area contributed by atoms with E-state index in [1.807, 2.05) is 0 Å². The largest absolute Gasteiger partial charge is 0.447 e. The van der Waals surface area contributed by atoms with E-state index >= 15 is 0 Å². The third kappa shape index (κ3) is 5.37. The molecule has 1 aliphatic heterocycles. The molecule has 1 fully saturated rings. The lowest BCUT2D eigenvalue weighted by Gasteiger charge is -2.23. The minimum atomic E-state index is -0.381. The van der Waals surface area contributed by atoms with Crippen LogP contribution in [0.2, 0.25) is 0 Å². The van der Waals surface area contributed by atoms with Crippen LogP contribution < -0.4 is 10.2 Å². The van der Waals surface area contributed by atoms with Gasteiger partial charge in [0.15, 0.2) is 11.6 Å². The first-order chi connectivity index (χ1) is 18.7. The van der Waals surface area contributed by atoms with Crippen LogP contribution >= 0.6 is 0 Å². The van der Waals surface area contributed by atoms with Gasteiger partial charge in [-0.05, 0) is 42.4 Å². The lowest BCUT2D eigenvalue weighted by Crippen LogP contribution is -2.37. The maximum Gasteiger partial charge on any atom is 0.415 e. The number of anilines is 2. The van der Waals surface area contributed by atoms with Gasteiger partial charge in [0.25, 0.3) is 0 Å². The zero-order valence-corrected chi connectivity index (χ0v) is 23.3. The molecule has 1 N–H and O–H groups in total. The van der Waals surface area contributed by atoms with Gasteiger partial charge in [0.05, 0.1) is 24.1 Å². The van der Waals surface area contributed by atoms with E-state index < -0.39 is 0 Å². The van der Waals surface area contributed by atoms with E-state index in [9.17, 15) is 4.79 Å². The van der Waals surface area contributed by atoms with Crippen LogP contribution in [0.1, 0.15) is 63.4 Å². The molecular formula is C31H35N5O3. The zero-order chi connectivity index (χ0) is 27.7. The summed E-state index contributed by atoms with van der Waals surface area (Å²) in [5.74, 6) is 2.49. The number of amides is 1. The molecule has 5 rings (SSSR count). The number of carbonyl (C=O) groups is 1. The van der Waals surface area contributed by atoms with Gasteiger partial charge >= 0.3 is 6.09 Å². The number of hydrogen-bond acceptors (Lipinski definition) is 7. The number of nitrogens with zero attached hydrogens (tertiary/aromatic N) is 4. The fraction of sp³-hybridized carbons (Fsp3) is 0.355. The van der Waals surface area contributed by atoms with E-state index in [0.29, 0.717) is 24.2 Å². The highest BCUT2D eigenvalue weighted by Gasteiger charge is 2.37. The van der Waals surface area contributed by atoms with E-state index in [2.05, 4.69) is 111 Å². The lowest BCUT2D eigenvalue weighted by molar-refractivity contribution is 0.177. The molecule has 3 heterocycles. The van der Waals surface area contributed by atoms with Crippen LogP contribution in [0.15, 0.2) is 65.4 Å². The first-order valence-corrected chi connectivity index (χ1v) is 13.4. The van der Waals surface area contributed by atoms with Crippen molar-refractivity contribution in [3.05, 3.63) is 77.7 Å². The molecule has 1 aliphatic rings. The summed E-state index contributed by atoms with van der Waals surface area (Å²) < 4.78 is 10.9. The molecule has 8 heteroatoms. The van der Waals surface area contributed by atoms with Crippen molar-refractivity contribution < 1.29 is 14.1 Å². The van der Waals surface area contributed by atoms with Crippen molar-refractivity contribution >= 4 is 17.7 Å². The molecule has 0 aliphatic carbocycles. The number of hydrogen-bond donors (Lipinski definition) is 1. The Bertz CT molecular complexity index is 1440. The highest BCUT2D eigenvalue weighted by molar-refractivity contribution is 5.89. The average molecular weight is 526 g/mol. The maximum absolute atomic E-state index is 12.3. The highest BCUT2D eigenvalue weighted by Crippen LogP contribution is 2.32. The predicted octanol–water partition coefficient (Wildman–Crippen LogP) is 7.38. The number of carbonyl (C=O) groups excluding carboxylic acids is 1. The average Bonchev–Trinajstić information content (AvgIpc) is 3.51. The smallest absolute Gasteiger partial charge is 0.415 e. The second kappa shape index (κ2) is 10.9. The number of benzene rings is 2. The number of ether oxygens (including phenoxy) is 1. The summed E-state index contributed by atoms with van der Waals surface area (Å²) in [5.41, 5.74) is 6.49. The first kappa shape index (κ1) is 26.4. The molecule has 0 saturated carbocycles. The van der Waals surface area contributed by atoms with Gasteiger partial charge in [-0.25, -0.2) is 9.78 Å². The molecular weight excluding hydrogens is 490 g/mol. The van der Waals surface area contributed by atoms with Gasteiger partial charge in [0.2, 0.25) is 0 Å². The van der Waals surface area contributed by atoms with Crippen LogP contribution in [0.4, 0.5) is 16.4 Å². The van der Waals surface area contributed by atoms with Crippen LogP contribution in [-0.4, -0.2) is 33.9 Å². The van der Waals surface area contributed by atoms with Crippen LogP contribution in [0.5, 0.6) is 0 Å². The third-order valence-electron chi connectivity index (χ3n) is 7.31. The molecule has 4 aromatic rings. The fourth-order valence-corrected chi connectivity index (χ4v) is 4.97. The summed E-state index contributed by atoms with van der Waals surface area (Å²) in [6.45, 7) is 12.9. The Labute approximate surface area is 229 Å². The van der Waals surface area contributed by atoms with Gasteiger partial charge in [-0.1, -0.05) is 81.4 Å². The van der Waals surface area contributed by atoms with Crippen molar-refractivity contribution in [2.24, 2.45) is 5.92 Å². The van der Waals surface area contributed by atoms with Crippen molar-refractivity contribution in [2.75, 3.05) is 16.8 Å². The van der Waals surface area contributed by atoms with E-state index in [1.165, 1.54) is 0 Å². The quantitative estimate of drug-likeness (QED) is 0.256. The summed E-state index contributed by atoms with van der Waals surface area (Å²) in [6, 6.07) is 16.8. The molecule has 0 spiro atoms. The summed E-state index contributed by atoms with van der Waals surface area (Å²) >= 11 is 0. The predicted molar refractivity (Wildman–Crippen MR) is 153 cm³/mol. The zero-order valence-electron chi connectivity index (χ0n) is 23.3. The molecule has 2 aromatic carbocycles. The number of rotatable bonds is 8. The molecule has 202 valence electrons. The third-order valence-corrected chi connectivity index (χ3v) is 7.31. The first-order valence-electron chi connectivity index (χ1n) is 13.4. The normalized spacial score (nSPS) is 16.2. The highest BCUT2D eigenvalue weighted by atomic mass is 16.6. The molecule has 1 amide bonds. The van der Waals surface area contributed by atoms with Gasteiger partial charge in [0, 0.05) is 17.2 Å². The van der Waals surface area contributed by atoms with Crippen molar-refractivity contribution in [1.82, 2.24) is 15.1 Å². The van der Waals surface area contributed by atoms with Gasteiger partial charge in [-0.3, -0.25) is 9.88 Å². The molecule has 2 atom stereocenters. The Morgan fingerprint density at radius 2 is 1.56 bits per heavy atom. The van der Waals surface area contributed by atoms with Crippen molar-refractivity contribution in [2.45, 2.75) is 59.5 Å². The van der Waals surface area contributed by atoms with E-state index in [0.717, 1.165) is 39.3 Å². The Morgan fingerprint density at radius 3 is 2.18 bits per heavy atom. The Balaban J connectivity index is 1.27. The second-order valence-electron chi connectivity index (χ2n) is 10.8. The standard InChI is InChI=1S/C31H35N5O3/c1-18(2)26-17-38-31(37)36(26)28-16-32-15-27(34-28)33-21(6)22-7-9-23(10-8-22)24-11-13-25(14-12-24)30-20(5)29(19(3)4)35-39-30/h7-16,18-19,21,26H,17H2,1-6H3,(H,33,34)/t21-,26+/m0/s1. The lowest BCUT2D eigenvalue weighted by atomic mass is 9.98. The Hall–Kier alpha value is -4.20. The monoisotopic (exact) mass is 525 g/mol. The van der Waals surface area contributed by atoms with Crippen molar-refractivity contribution in [3.63, 3.8) is 0 Å². The second-order valence-corrected chi connectivity index (χ2v) is 10.8. The Morgan fingerprint density at radius 1 is 0.923 bits per heavy atom. The topological polar surface area (TPSA) is 93.4 Å². The number of nitrogens with one attached hydrogen (secondary N) is 1. The number of aromatic nitrogens is 3. The van der Waals surface area contributed by atoms with E-state index in [4.69, 9.17) is 9.26 Å². The molecule has 8 nitrogen and oxygen atoms in total. The summed E-state index contributed by atoms with van der Waals surface area (Å²) in [5, 5.41) is 7.67. The molecule has 0 bridgehead atoms.